The minimum absolute atomic E-state index is 0.00574. The highest BCUT2D eigenvalue weighted by molar-refractivity contribution is 6.34. The molecule has 0 aliphatic rings. The van der Waals surface area contributed by atoms with Crippen LogP contribution in [-0.4, -0.2) is 37.2 Å². The molecule has 0 atom stereocenters. The lowest BCUT2D eigenvalue weighted by molar-refractivity contribution is 0.0402. The van der Waals surface area contributed by atoms with Crippen LogP contribution < -0.4 is 10.2 Å². The molecule has 2 heterocycles. The second-order valence-electron chi connectivity index (χ2n) is 5.70. The SMILES string of the molecule is O=C(On1nnc2ccccc21)c1cc(NC(=O)c2cc(F)c(F)cc2Cl)[nH]n1. The number of carbonyl (C=O) groups excluding carboxylic acids is 2. The summed E-state index contributed by atoms with van der Waals surface area (Å²) in [5.41, 5.74) is 0.534. The number of nitrogens with zero attached hydrogens (tertiary/aromatic N) is 4. The zero-order chi connectivity index (χ0) is 20.5. The number of para-hydroxylation sites is 1. The minimum Gasteiger partial charge on any atom is -0.310 e. The fraction of sp³-hybridized carbons (Fsp3) is 0. The largest absolute Gasteiger partial charge is 0.385 e. The number of halogens is 3. The number of amides is 1. The van der Waals surface area contributed by atoms with Crippen molar-refractivity contribution in [1.29, 1.82) is 0 Å². The van der Waals surface area contributed by atoms with E-state index in [-0.39, 0.29) is 22.1 Å². The first-order valence-corrected chi connectivity index (χ1v) is 8.34. The molecule has 9 nitrogen and oxygen atoms in total. The maximum atomic E-state index is 13.4. The van der Waals surface area contributed by atoms with Crippen molar-refractivity contribution < 1.29 is 23.2 Å². The first-order chi connectivity index (χ1) is 13.9. The molecule has 2 aromatic heterocycles. The highest BCUT2D eigenvalue weighted by atomic mass is 35.5. The van der Waals surface area contributed by atoms with Gasteiger partial charge >= 0.3 is 5.97 Å². The van der Waals surface area contributed by atoms with Gasteiger partial charge in [0.1, 0.15) is 16.9 Å². The number of benzene rings is 2. The number of H-pyrrole nitrogens is 1. The number of hydrogen-bond donors (Lipinski definition) is 2. The number of rotatable bonds is 4. The Kier molecular flexibility index (Phi) is 4.64. The molecule has 146 valence electrons. The summed E-state index contributed by atoms with van der Waals surface area (Å²) in [6.45, 7) is 0. The van der Waals surface area contributed by atoms with Crippen LogP contribution in [0, 0.1) is 11.6 Å². The Morgan fingerprint density at radius 3 is 2.72 bits per heavy atom. The fourth-order valence-electron chi connectivity index (χ4n) is 2.42. The number of hydrogen-bond acceptors (Lipinski definition) is 6. The molecule has 0 spiro atoms. The Labute approximate surface area is 165 Å². The molecule has 4 aromatic rings. The van der Waals surface area contributed by atoms with E-state index in [1.54, 1.807) is 24.3 Å². The van der Waals surface area contributed by atoms with E-state index in [1.807, 2.05) is 0 Å². The lowest BCUT2D eigenvalue weighted by Crippen LogP contribution is -2.21. The van der Waals surface area contributed by atoms with Gasteiger partial charge in [0, 0.05) is 6.07 Å². The van der Waals surface area contributed by atoms with Crippen LogP contribution in [0.5, 0.6) is 0 Å². The molecule has 0 saturated carbocycles. The van der Waals surface area contributed by atoms with E-state index in [2.05, 4.69) is 25.8 Å². The van der Waals surface area contributed by atoms with Crippen LogP contribution in [-0.2, 0) is 0 Å². The van der Waals surface area contributed by atoms with Gasteiger partial charge in [0.25, 0.3) is 5.91 Å². The van der Waals surface area contributed by atoms with Crippen LogP contribution in [0.15, 0.2) is 42.5 Å². The predicted molar refractivity (Wildman–Crippen MR) is 96.3 cm³/mol. The standard InChI is InChI=1S/C17H9ClF2N6O3/c18-9-6-11(20)10(19)5-8(9)16(27)21-15-7-13(22-24-15)17(28)29-26-14-4-2-1-3-12(14)23-25-26/h1-7H,(H2,21,22,24,27). The van der Waals surface area contributed by atoms with E-state index in [9.17, 15) is 18.4 Å². The van der Waals surface area contributed by atoms with Crippen LogP contribution in [0.1, 0.15) is 20.8 Å². The Balaban J connectivity index is 1.49. The average Bonchev–Trinajstić information content (AvgIpc) is 3.32. The maximum Gasteiger partial charge on any atom is 0.385 e. The van der Waals surface area contributed by atoms with Crippen LogP contribution in [0.2, 0.25) is 5.02 Å². The van der Waals surface area contributed by atoms with Gasteiger partial charge in [-0.25, -0.2) is 13.6 Å². The van der Waals surface area contributed by atoms with Crippen molar-refractivity contribution >= 4 is 40.3 Å². The van der Waals surface area contributed by atoms with E-state index < -0.39 is 23.5 Å². The molecule has 2 N–H and O–H groups in total. The minimum atomic E-state index is -1.23. The lowest BCUT2D eigenvalue weighted by atomic mass is 10.2. The quantitative estimate of drug-likeness (QED) is 0.389. The first-order valence-electron chi connectivity index (χ1n) is 7.97. The van der Waals surface area contributed by atoms with Crippen molar-refractivity contribution in [2.45, 2.75) is 0 Å². The van der Waals surface area contributed by atoms with Crippen molar-refractivity contribution in [1.82, 2.24) is 25.4 Å². The zero-order valence-electron chi connectivity index (χ0n) is 14.2. The molecule has 0 bridgehead atoms. The van der Waals surface area contributed by atoms with Gasteiger partial charge in [-0.3, -0.25) is 9.89 Å². The second-order valence-corrected chi connectivity index (χ2v) is 6.10. The summed E-state index contributed by atoms with van der Waals surface area (Å²) in [6.07, 6.45) is 0. The van der Waals surface area contributed by atoms with Crippen LogP contribution in [0.25, 0.3) is 11.0 Å². The molecular weight excluding hydrogens is 410 g/mol. The van der Waals surface area contributed by atoms with E-state index in [1.165, 1.54) is 6.07 Å². The Bertz CT molecular complexity index is 1260. The van der Waals surface area contributed by atoms with Gasteiger partial charge in [0.15, 0.2) is 17.3 Å². The summed E-state index contributed by atoms with van der Waals surface area (Å²) >= 11 is 5.76. The first kappa shape index (κ1) is 18.5. The summed E-state index contributed by atoms with van der Waals surface area (Å²) in [5.74, 6) is -4.11. The molecule has 12 heteroatoms. The Morgan fingerprint density at radius 2 is 1.90 bits per heavy atom. The van der Waals surface area contributed by atoms with Crippen molar-refractivity contribution in [3.8, 4) is 0 Å². The summed E-state index contributed by atoms with van der Waals surface area (Å²) in [6, 6.07) is 9.36. The highest BCUT2D eigenvalue weighted by Gasteiger charge is 2.19. The number of anilines is 1. The topological polar surface area (TPSA) is 115 Å². The van der Waals surface area contributed by atoms with Gasteiger partial charge in [-0.2, -0.15) is 5.10 Å². The van der Waals surface area contributed by atoms with Gasteiger partial charge in [-0.05, 0) is 29.5 Å². The van der Waals surface area contributed by atoms with E-state index >= 15 is 0 Å². The summed E-state index contributed by atoms with van der Waals surface area (Å²) in [7, 11) is 0. The molecule has 2 aromatic carbocycles. The zero-order valence-corrected chi connectivity index (χ0v) is 14.9. The molecule has 0 saturated heterocycles. The average molecular weight is 419 g/mol. The van der Waals surface area contributed by atoms with Gasteiger partial charge in [-0.15, -0.1) is 5.10 Å². The maximum absolute atomic E-state index is 13.4. The number of nitrogens with one attached hydrogen (secondary N) is 2. The fourth-order valence-corrected chi connectivity index (χ4v) is 2.65. The predicted octanol–water partition coefficient (Wildman–Crippen LogP) is 2.61. The molecule has 0 fully saturated rings. The van der Waals surface area contributed by atoms with Crippen molar-refractivity contribution in [3.63, 3.8) is 0 Å². The smallest absolute Gasteiger partial charge is 0.310 e. The molecule has 0 aliphatic carbocycles. The Hall–Kier alpha value is -3.86. The summed E-state index contributed by atoms with van der Waals surface area (Å²) < 4.78 is 26.5. The molecule has 29 heavy (non-hydrogen) atoms. The summed E-state index contributed by atoms with van der Waals surface area (Å²) in [5, 5.41) is 15.8. The second kappa shape index (κ2) is 7.28. The summed E-state index contributed by atoms with van der Waals surface area (Å²) in [4.78, 5) is 30.5. The molecule has 1 amide bonds. The number of aromatic amines is 1. The highest BCUT2D eigenvalue weighted by Crippen LogP contribution is 2.21. The van der Waals surface area contributed by atoms with Crippen molar-refractivity contribution in [2.24, 2.45) is 0 Å². The van der Waals surface area contributed by atoms with E-state index in [0.717, 1.165) is 4.85 Å². The van der Waals surface area contributed by atoms with E-state index in [4.69, 9.17) is 16.4 Å². The lowest BCUT2D eigenvalue weighted by Gasteiger charge is -2.05. The Morgan fingerprint density at radius 1 is 1.14 bits per heavy atom. The monoisotopic (exact) mass is 418 g/mol. The van der Waals surface area contributed by atoms with Crippen LogP contribution in [0.4, 0.5) is 14.6 Å². The van der Waals surface area contributed by atoms with Gasteiger partial charge in [0.05, 0.1) is 10.6 Å². The van der Waals surface area contributed by atoms with Gasteiger partial charge in [-0.1, -0.05) is 28.6 Å². The molecule has 4 rings (SSSR count). The third-order valence-corrected chi connectivity index (χ3v) is 4.09. The van der Waals surface area contributed by atoms with Crippen LogP contribution >= 0.6 is 11.6 Å². The number of carbonyl (C=O) groups is 2. The number of fused-ring (bicyclic) bond motifs is 1. The van der Waals surface area contributed by atoms with Gasteiger partial charge < -0.3 is 10.2 Å². The molecular formula is C17H9ClF2N6O3. The molecule has 0 unspecified atom stereocenters. The number of aromatic nitrogens is 5. The van der Waals surface area contributed by atoms with Gasteiger partial charge in [0.2, 0.25) is 0 Å². The van der Waals surface area contributed by atoms with Crippen LogP contribution in [0.3, 0.4) is 0 Å². The molecule has 0 radical (unpaired) electrons. The third-order valence-electron chi connectivity index (χ3n) is 3.78. The van der Waals surface area contributed by atoms with Crippen molar-refractivity contribution in [3.05, 3.63) is 70.4 Å². The van der Waals surface area contributed by atoms with Crippen molar-refractivity contribution in [2.75, 3.05) is 5.32 Å². The van der Waals surface area contributed by atoms with E-state index in [0.29, 0.717) is 23.2 Å². The normalized spacial score (nSPS) is 10.9. The third kappa shape index (κ3) is 3.62. The molecule has 0 aliphatic heterocycles.